The summed E-state index contributed by atoms with van der Waals surface area (Å²) >= 11 is 0. The van der Waals surface area contributed by atoms with E-state index in [-0.39, 0.29) is 0 Å². The van der Waals surface area contributed by atoms with Crippen molar-refractivity contribution in [3.8, 4) is 11.1 Å². The molecular weight excluding hydrogens is 238 g/mol. The fourth-order valence-electron chi connectivity index (χ4n) is 2.00. The van der Waals surface area contributed by atoms with E-state index in [2.05, 4.69) is 27.5 Å². The molecule has 3 aromatic rings. The Kier molecular flexibility index (Phi) is 3.08. The second-order valence-electron chi connectivity index (χ2n) is 4.29. The lowest BCUT2D eigenvalue weighted by Crippen LogP contribution is -1.99. The molecule has 1 unspecified atom stereocenters. The van der Waals surface area contributed by atoms with Crippen molar-refractivity contribution in [3.63, 3.8) is 0 Å². The van der Waals surface area contributed by atoms with Crippen LogP contribution >= 0.6 is 0 Å². The van der Waals surface area contributed by atoms with Gasteiger partial charge in [0.1, 0.15) is 11.8 Å². The number of nitrogens with one attached hydrogen (secondary N) is 1. The van der Waals surface area contributed by atoms with Crippen LogP contribution in [-0.4, -0.2) is 20.5 Å². The molecule has 0 aliphatic heterocycles. The first-order chi connectivity index (χ1) is 9.34. The standard InChI is InChI=1S/C15H13N3O/c19-15(14-10-16-18-17-14)13-8-6-12(7-9-13)11-4-2-1-3-5-11/h1-10,15,19H,(H,16,17,18). The number of H-pyrrole nitrogens is 1. The molecule has 0 radical (unpaired) electrons. The Morgan fingerprint density at radius 3 is 2.21 bits per heavy atom. The van der Waals surface area contributed by atoms with Crippen molar-refractivity contribution in [1.82, 2.24) is 15.4 Å². The maximum Gasteiger partial charge on any atom is 0.124 e. The molecule has 0 aliphatic rings. The number of rotatable bonds is 3. The minimum absolute atomic E-state index is 0.521. The maximum absolute atomic E-state index is 10.1. The monoisotopic (exact) mass is 251 g/mol. The highest BCUT2D eigenvalue weighted by molar-refractivity contribution is 5.63. The minimum atomic E-state index is -0.747. The molecule has 0 aliphatic carbocycles. The van der Waals surface area contributed by atoms with E-state index in [1.54, 1.807) is 0 Å². The Morgan fingerprint density at radius 1 is 0.895 bits per heavy atom. The molecule has 1 aromatic heterocycles. The molecule has 2 aromatic carbocycles. The Hall–Kier alpha value is -2.46. The molecule has 4 heteroatoms. The fourth-order valence-corrected chi connectivity index (χ4v) is 2.00. The predicted octanol–water partition coefficient (Wildman–Crippen LogP) is 2.55. The van der Waals surface area contributed by atoms with Crippen LogP contribution in [0, 0.1) is 0 Å². The first-order valence-electron chi connectivity index (χ1n) is 6.04. The van der Waals surface area contributed by atoms with Gasteiger partial charge in [0.25, 0.3) is 0 Å². The Balaban J connectivity index is 1.87. The van der Waals surface area contributed by atoms with Crippen LogP contribution in [0.2, 0.25) is 0 Å². The topological polar surface area (TPSA) is 61.8 Å². The van der Waals surface area contributed by atoms with Gasteiger partial charge in [-0.3, -0.25) is 0 Å². The molecule has 4 nitrogen and oxygen atoms in total. The van der Waals surface area contributed by atoms with E-state index in [1.165, 1.54) is 6.20 Å². The summed E-state index contributed by atoms with van der Waals surface area (Å²) in [6.45, 7) is 0. The smallest absolute Gasteiger partial charge is 0.124 e. The normalized spacial score (nSPS) is 12.3. The molecule has 1 atom stereocenters. The lowest BCUT2D eigenvalue weighted by atomic mass is 10.0. The summed E-state index contributed by atoms with van der Waals surface area (Å²) in [4.78, 5) is 0. The van der Waals surface area contributed by atoms with Crippen molar-refractivity contribution in [3.05, 3.63) is 72.1 Å². The lowest BCUT2D eigenvalue weighted by molar-refractivity contribution is 0.215. The number of benzene rings is 2. The molecule has 3 rings (SSSR count). The van der Waals surface area contributed by atoms with E-state index in [0.29, 0.717) is 5.69 Å². The van der Waals surface area contributed by atoms with Crippen molar-refractivity contribution in [2.75, 3.05) is 0 Å². The summed E-state index contributed by atoms with van der Waals surface area (Å²) < 4.78 is 0. The fraction of sp³-hybridized carbons (Fsp3) is 0.0667. The van der Waals surface area contributed by atoms with Crippen molar-refractivity contribution in [1.29, 1.82) is 0 Å². The van der Waals surface area contributed by atoms with Crippen LogP contribution in [0.25, 0.3) is 11.1 Å². The van der Waals surface area contributed by atoms with Gasteiger partial charge in [-0.1, -0.05) is 54.6 Å². The van der Waals surface area contributed by atoms with Crippen LogP contribution in [0.15, 0.2) is 60.8 Å². The van der Waals surface area contributed by atoms with Crippen LogP contribution in [0.3, 0.4) is 0 Å². The van der Waals surface area contributed by atoms with Gasteiger partial charge in [0, 0.05) is 0 Å². The van der Waals surface area contributed by atoms with Crippen molar-refractivity contribution in [2.24, 2.45) is 0 Å². The molecule has 94 valence electrons. The van der Waals surface area contributed by atoms with Crippen molar-refractivity contribution < 1.29 is 5.11 Å². The summed E-state index contributed by atoms with van der Waals surface area (Å²) in [6, 6.07) is 17.9. The summed E-state index contributed by atoms with van der Waals surface area (Å²) in [5.74, 6) is 0. The SMILES string of the molecule is OC(c1ccc(-c2ccccc2)cc1)c1cn[nH]n1. The molecule has 19 heavy (non-hydrogen) atoms. The first-order valence-corrected chi connectivity index (χ1v) is 6.04. The van der Waals surface area contributed by atoms with E-state index < -0.39 is 6.10 Å². The number of hydrogen-bond donors (Lipinski definition) is 2. The largest absolute Gasteiger partial charge is 0.382 e. The first kappa shape index (κ1) is 11.6. The van der Waals surface area contributed by atoms with E-state index in [1.807, 2.05) is 42.5 Å². The van der Waals surface area contributed by atoms with Crippen molar-refractivity contribution in [2.45, 2.75) is 6.10 Å². The highest BCUT2D eigenvalue weighted by Crippen LogP contribution is 2.24. The number of aliphatic hydroxyl groups excluding tert-OH is 1. The van der Waals surface area contributed by atoms with Gasteiger partial charge >= 0.3 is 0 Å². The molecule has 0 saturated carbocycles. The zero-order valence-electron chi connectivity index (χ0n) is 10.2. The summed E-state index contributed by atoms with van der Waals surface area (Å²) in [7, 11) is 0. The van der Waals surface area contributed by atoms with Crippen LogP contribution in [-0.2, 0) is 0 Å². The molecule has 1 heterocycles. The molecule has 2 N–H and O–H groups in total. The number of aromatic amines is 1. The van der Waals surface area contributed by atoms with Gasteiger partial charge in [-0.05, 0) is 16.7 Å². The van der Waals surface area contributed by atoms with Gasteiger partial charge < -0.3 is 5.11 Å². The second-order valence-corrected chi connectivity index (χ2v) is 4.29. The third kappa shape index (κ3) is 2.39. The van der Waals surface area contributed by atoms with E-state index in [0.717, 1.165) is 16.7 Å². The van der Waals surface area contributed by atoms with Gasteiger partial charge in [0.15, 0.2) is 0 Å². The molecule has 0 bridgehead atoms. The van der Waals surface area contributed by atoms with Crippen molar-refractivity contribution >= 4 is 0 Å². The highest BCUT2D eigenvalue weighted by atomic mass is 16.3. The van der Waals surface area contributed by atoms with Gasteiger partial charge in [0.05, 0.1) is 6.20 Å². The maximum atomic E-state index is 10.1. The minimum Gasteiger partial charge on any atom is -0.382 e. The summed E-state index contributed by atoms with van der Waals surface area (Å²) in [5, 5.41) is 20.2. The molecule has 0 fully saturated rings. The van der Waals surface area contributed by atoms with E-state index in [9.17, 15) is 5.11 Å². The summed E-state index contributed by atoms with van der Waals surface area (Å²) in [6.07, 6.45) is 0.777. The van der Waals surface area contributed by atoms with Gasteiger partial charge in [-0.25, -0.2) is 0 Å². The molecular formula is C15H13N3O. The number of hydrogen-bond acceptors (Lipinski definition) is 3. The molecule has 0 spiro atoms. The van der Waals surface area contributed by atoms with Gasteiger partial charge in [-0.15, -0.1) is 0 Å². The van der Waals surface area contributed by atoms with Crippen LogP contribution in [0.4, 0.5) is 0 Å². The Labute approximate surface area is 110 Å². The van der Waals surface area contributed by atoms with Crippen LogP contribution in [0.5, 0.6) is 0 Å². The predicted molar refractivity (Wildman–Crippen MR) is 72.3 cm³/mol. The van der Waals surface area contributed by atoms with Crippen LogP contribution < -0.4 is 0 Å². The lowest BCUT2D eigenvalue weighted by Gasteiger charge is -2.08. The van der Waals surface area contributed by atoms with E-state index >= 15 is 0 Å². The zero-order chi connectivity index (χ0) is 13.1. The molecule has 0 amide bonds. The number of aromatic nitrogens is 3. The number of nitrogens with zero attached hydrogens (tertiary/aromatic N) is 2. The zero-order valence-corrected chi connectivity index (χ0v) is 10.2. The summed E-state index contributed by atoms with van der Waals surface area (Å²) in [5.41, 5.74) is 3.60. The highest BCUT2D eigenvalue weighted by Gasteiger charge is 2.12. The van der Waals surface area contributed by atoms with Gasteiger partial charge in [-0.2, -0.15) is 15.4 Å². The average Bonchev–Trinajstić information content (AvgIpc) is 3.02. The third-order valence-corrected chi connectivity index (χ3v) is 3.05. The quantitative estimate of drug-likeness (QED) is 0.752. The Morgan fingerprint density at radius 2 is 1.58 bits per heavy atom. The third-order valence-electron chi connectivity index (χ3n) is 3.05. The second kappa shape index (κ2) is 5.04. The molecule has 0 saturated heterocycles. The average molecular weight is 251 g/mol. The van der Waals surface area contributed by atoms with Crippen LogP contribution in [0.1, 0.15) is 17.4 Å². The van der Waals surface area contributed by atoms with Gasteiger partial charge in [0.2, 0.25) is 0 Å². The van der Waals surface area contributed by atoms with E-state index in [4.69, 9.17) is 0 Å². The number of aliphatic hydroxyl groups is 1. The Bertz CT molecular complexity index is 633.